The molecule has 1 aromatic carbocycles. The van der Waals surface area contributed by atoms with Gasteiger partial charge in [-0.2, -0.15) is 0 Å². The van der Waals surface area contributed by atoms with Crippen molar-refractivity contribution in [2.24, 2.45) is 0 Å². The number of amides is 1. The maximum absolute atomic E-state index is 12.7. The lowest BCUT2D eigenvalue weighted by Crippen LogP contribution is -2.49. The molecule has 1 aliphatic rings. The Kier molecular flexibility index (Phi) is 4.86. The van der Waals surface area contributed by atoms with Gasteiger partial charge in [-0.3, -0.25) is 4.79 Å². The highest BCUT2D eigenvalue weighted by atomic mass is 32.2. The SMILES string of the molecule is CS(=O)(=O)NCC1CCCCN1C(=O)Cc1noc2ccccc12. The fourth-order valence-corrected chi connectivity index (χ4v) is 3.59. The maximum atomic E-state index is 12.7. The number of sulfonamides is 1. The summed E-state index contributed by atoms with van der Waals surface area (Å²) in [6.45, 7) is 0.898. The van der Waals surface area contributed by atoms with Crippen molar-refractivity contribution in [3.63, 3.8) is 0 Å². The molecular weight excluding hydrogens is 330 g/mol. The number of nitrogens with zero attached hydrogens (tertiary/aromatic N) is 2. The van der Waals surface area contributed by atoms with E-state index < -0.39 is 10.0 Å². The molecule has 1 unspecified atom stereocenters. The average Bonchev–Trinajstić information content (AvgIpc) is 2.96. The first-order valence-corrected chi connectivity index (χ1v) is 9.90. The molecule has 1 N–H and O–H groups in total. The summed E-state index contributed by atoms with van der Waals surface area (Å²) in [6, 6.07) is 7.33. The first kappa shape index (κ1) is 16.9. The van der Waals surface area contributed by atoms with Crippen LogP contribution in [0.4, 0.5) is 0 Å². The van der Waals surface area contributed by atoms with Crippen LogP contribution in [-0.4, -0.2) is 49.8 Å². The molecule has 2 heterocycles. The van der Waals surface area contributed by atoms with Crippen molar-refractivity contribution in [2.45, 2.75) is 31.7 Å². The summed E-state index contributed by atoms with van der Waals surface area (Å²) in [5, 5.41) is 4.85. The van der Waals surface area contributed by atoms with Crippen LogP contribution in [0.1, 0.15) is 25.0 Å². The molecule has 1 saturated heterocycles. The highest BCUT2D eigenvalue weighted by Gasteiger charge is 2.28. The molecule has 1 atom stereocenters. The van der Waals surface area contributed by atoms with E-state index in [2.05, 4.69) is 9.88 Å². The predicted molar refractivity (Wildman–Crippen MR) is 89.9 cm³/mol. The standard InChI is InChI=1S/C16H21N3O4S/c1-24(21,22)17-11-12-6-4-5-9-19(12)16(20)10-14-13-7-2-3-8-15(13)23-18-14/h2-3,7-8,12,17H,4-6,9-11H2,1H3. The van der Waals surface area contributed by atoms with Crippen LogP contribution in [0.15, 0.2) is 28.8 Å². The largest absolute Gasteiger partial charge is 0.356 e. The Balaban J connectivity index is 1.72. The van der Waals surface area contributed by atoms with E-state index >= 15 is 0 Å². The second kappa shape index (κ2) is 6.90. The van der Waals surface area contributed by atoms with E-state index in [0.29, 0.717) is 17.8 Å². The van der Waals surface area contributed by atoms with Crippen molar-refractivity contribution in [1.82, 2.24) is 14.8 Å². The van der Waals surface area contributed by atoms with Gasteiger partial charge in [0.2, 0.25) is 15.9 Å². The zero-order chi connectivity index (χ0) is 17.2. The summed E-state index contributed by atoms with van der Waals surface area (Å²) in [7, 11) is -3.27. The third kappa shape index (κ3) is 3.93. The highest BCUT2D eigenvalue weighted by Crippen LogP contribution is 2.21. The third-order valence-electron chi connectivity index (χ3n) is 4.30. The lowest BCUT2D eigenvalue weighted by Gasteiger charge is -2.35. The number of carbonyl (C=O) groups is 1. The lowest BCUT2D eigenvalue weighted by atomic mass is 10.0. The Hall–Kier alpha value is -1.93. The quantitative estimate of drug-likeness (QED) is 0.876. The number of rotatable bonds is 5. The monoisotopic (exact) mass is 351 g/mol. The Morgan fingerprint density at radius 3 is 2.96 bits per heavy atom. The number of hydrogen-bond donors (Lipinski definition) is 1. The molecule has 0 saturated carbocycles. The van der Waals surface area contributed by atoms with Gasteiger partial charge in [0, 0.05) is 24.5 Å². The maximum Gasteiger partial charge on any atom is 0.229 e. The van der Waals surface area contributed by atoms with E-state index in [4.69, 9.17) is 4.52 Å². The lowest BCUT2D eigenvalue weighted by molar-refractivity contribution is -0.134. The summed E-state index contributed by atoms with van der Waals surface area (Å²) < 4.78 is 30.4. The van der Waals surface area contributed by atoms with Crippen molar-refractivity contribution < 1.29 is 17.7 Å². The molecule has 0 spiro atoms. The van der Waals surface area contributed by atoms with E-state index in [1.165, 1.54) is 0 Å². The summed E-state index contributed by atoms with van der Waals surface area (Å²) in [5.74, 6) is -0.0472. The summed E-state index contributed by atoms with van der Waals surface area (Å²) in [6.07, 6.45) is 4.01. The van der Waals surface area contributed by atoms with Crippen LogP contribution in [0.2, 0.25) is 0 Å². The number of likely N-dealkylation sites (tertiary alicyclic amines) is 1. The molecule has 3 rings (SSSR count). The molecule has 1 amide bonds. The van der Waals surface area contributed by atoms with E-state index in [9.17, 15) is 13.2 Å². The topological polar surface area (TPSA) is 92.5 Å². The van der Waals surface area contributed by atoms with Crippen molar-refractivity contribution in [2.75, 3.05) is 19.3 Å². The summed E-state index contributed by atoms with van der Waals surface area (Å²) in [4.78, 5) is 14.5. The molecule has 0 aliphatic carbocycles. The fourth-order valence-electron chi connectivity index (χ4n) is 3.10. The minimum Gasteiger partial charge on any atom is -0.356 e. The molecule has 24 heavy (non-hydrogen) atoms. The van der Waals surface area contributed by atoms with Gasteiger partial charge in [-0.25, -0.2) is 13.1 Å². The first-order chi connectivity index (χ1) is 11.4. The highest BCUT2D eigenvalue weighted by molar-refractivity contribution is 7.88. The minimum atomic E-state index is -3.27. The van der Waals surface area contributed by atoms with Gasteiger partial charge in [0.25, 0.3) is 0 Å². The smallest absolute Gasteiger partial charge is 0.229 e. The van der Waals surface area contributed by atoms with Crippen LogP contribution in [0.3, 0.4) is 0 Å². The van der Waals surface area contributed by atoms with Crippen LogP contribution in [0.25, 0.3) is 11.0 Å². The second-order valence-corrected chi connectivity index (χ2v) is 7.99. The van der Waals surface area contributed by atoms with Gasteiger partial charge in [0.05, 0.1) is 12.7 Å². The van der Waals surface area contributed by atoms with Crippen LogP contribution in [0, 0.1) is 0 Å². The van der Waals surface area contributed by atoms with Gasteiger partial charge in [-0.05, 0) is 31.4 Å². The molecule has 8 heteroatoms. The molecule has 2 aromatic rings. The number of para-hydroxylation sites is 1. The van der Waals surface area contributed by atoms with E-state index in [1.54, 1.807) is 4.90 Å². The van der Waals surface area contributed by atoms with Crippen LogP contribution in [-0.2, 0) is 21.2 Å². The molecule has 0 radical (unpaired) electrons. The van der Waals surface area contributed by atoms with Crippen LogP contribution < -0.4 is 4.72 Å². The summed E-state index contributed by atoms with van der Waals surface area (Å²) >= 11 is 0. The van der Waals surface area contributed by atoms with Crippen molar-refractivity contribution in [1.29, 1.82) is 0 Å². The van der Waals surface area contributed by atoms with E-state index in [1.807, 2.05) is 24.3 Å². The Morgan fingerprint density at radius 1 is 1.38 bits per heavy atom. The van der Waals surface area contributed by atoms with Crippen molar-refractivity contribution in [3.05, 3.63) is 30.0 Å². The summed E-state index contributed by atoms with van der Waals surface area (Å²) in [5.41, 5.74) is 1.28. The van der Waals surface area contributed by atoms with E-state index in [0.717, 1.165) is 30.9 Å². The van der Waals surface area contributed by atoms with Crippen molar-refractivity contribution in [3.8, 4) is 0 Å². The van der Waals surface area contributed by atoms with Gasteiger partial charge in [-0.15, -0.1) is 0 Å². The van der Waals surface area contributed by atoms with Crippen LogP contribution >= 0.6 is 0 Å². The average molecular weight is 351 g/mol. The number of piperidine rings is 1. The van der Waals surface area contributed by atoms with Crippen molar-refractivity contribution >= 4 is 26.9 Å². The molecule has 1 aliphatic heterocycles. The molecule has 7 nitrogen and oxygen atoms in total. The van der Waals surface area contributed by atoms with Gasteiger partial charge in [0.15, 0.2) is 5.58 Å². The van der Waals surface area contributed by atoms with Gasteiger partial charge >= 0.3 is 0 Å². The van der Waals surface area contributed by atoms with Gasteiger partial charge in [-0.1, -0.05) is 17.3 Å². The predicted octanol–water partition coefficient (Wildman–Crippen LogP) is 1.30. The second-order valence-electron chi connectivity index (χ2n) is 6.16. The van der Waals surface area contributed by atoms with Gasteiger partial charge < -0.3 is 9.42 Å². The molecule has 130 valence electrons. The normalized spacial score (nSPS) is 18.9. The Bertz CT molecular complexity index is 831. The zero-order valence-electron chi connectivity index (χ0n) is 13.6. The Labute approximate surface area is 141 Å². The third-order valence-corrected chi connectivity index (χ3v) is 4.99. The number of carbonyl (C=O) groups excluding carboxylic acids is 1. The number of benzene rings is 1. The van der Waals surface area contributed by atoms with Crippen LogP contribution in [0.5, 0.6) is 0 Å². The zero-order valence-corrected chi connectivity index (χ0v) is 14.4. The Morgan fingerprint density at radius 2 is 2.17 bits per heavy atom. The number of aromatic nitrogens is 1. The number of hydrogen-bond acceptors (Lipinski definition) is 5. The van der Waals surface area contributed by atoms with E-state index in [-0.39, 0.29) is 24.9 Å². The fraction of sp³-hybridized carbons (Fsp3) is 0.500. The first-order valence-electron chi connectivity index (χ1n) is 8.01. The molecule has 1 aromatic heterocycles. The molecule has 1 fully saturated rings. The number of nitrogens with one attached hydrogen (secondary N) is 1. The number of fused-ring (bicyclic) bond motifs is 1. The minimum absolute atomic E-state index is 0.0472. The molecular formula is C16H21N3O4S. The van der Waals surface area contributed by atoms with Gasteiger partial charge in [0.1, 0.15) is 5.69 Å². The molecule has 0 bridgehead atoms.